The predicted octanol–water partition coefficient (Wildman–Crippen LogP) is 10.9. The molecule has 0 aromatic heterocycles. The summed E-state index contributed by atoms with van der Waals surface area (Å²) in [4.78, 5) is 0. The van der Waals surface area contributed by atoms with Gasteiger partial charge >= 0.3 is 246 Å². The second-order valence-electron chi connectivity index (χ2n) is 12.2. The van der Waals surface area contributed by atoms with Crippen molar-refractivity contribution in [1.29, 1.82) is 0 Å². The van der Waals surface area contributed by atoms with E-state index in [4.69, 9.17) is 4.21 Å². The quantitative estimate of drug-likeness (QED) is 0.169. The van der Waals surface area contributed by atoms with Gasteiger partial charge < -0.3 is 0 Å². The Morgan fingerprint density at radius 3 is 2.05 bits per heavy atom. The fraction of sp³-hybridized carbons (Fsp3) is 0.256. The summed E-state index contributed by atoms with van der Waals surface area (Å²) >= 11 is -3.50. The Morgan fingerprint density at radius 1 is 0.738 bits per heavy atom. The van der Waals surface area contributed by atoms with Crippen molar-refractivity contribution < 1.29 is 19.8 Å². The third-order valence-electron chi connectivity index (χ3n) is 10.2. The van der Waals surface area contributed by atoms with Gasteiger partial charge in [-0.15, -0.1) is 24.8 Å². The van der Waals surface area contributed by atoms with Gasteiger partial charge in [0.15, 0.2) is 0 Å². The average molecular weight is 672 g/mol. The number of hydrogen-bond donors (Lipinski definition) is 0. The molecule has 7 rings (SSSR count). The molecule has 4 aromatic rings. The van der Waals surface area contributed by atoms with Crippen LogP contribution >= 0.6 is 24.8 Å². The van der Waals surface area contributed by atoms with Crippen molar-refractivity contribution in [2.24, 2.45) is 5.92 Å². The molecular formula is C39H41Cl2Zr. The number of halogens is 2. The fourth-order valence-electron chi connectivity index (χ4n) is 8.01. The van der Waals surface area contributed by atoms with Gasteiger partial charge in [-0.05, 0) is 0 Å². The third-order valence-corrected chi connectivity index (χ3v) is 22.4. The molecule has 0 bridgehead atoms. The standard InChI is InChI=1S/C25H17.C8H15.C5H5.CH2.2ClH.Zr/c1-3-9-18(10-4-1)23-16-21-15-20-13-7-8-14-22(20)25(21)17-24(23)19-11-5-2-6-12-19;1-2-8-6-4-3-5-7-8;1-2-4-5-3-1;;;;/h1-14,17H,15H2;2,8H,3-7H2,1H3;1-3H,4H2;1H2;2*1H;. The van der Waals surface area contributed by atoms with Gasteiger partial charge in [-0.25, -0.2) is 0 Å². The van der Waals surface area contributed by atoms with Crippen LogP contribution in [0.15, 0.2) is 113 Å². The first-order chi connectivity index (χ1) is 19.7. The van der Waals surface area contributed by atoms with Crippen LogP contribution in [0.2, 0.25) is 3.63 Å². The molecule has 2 unspecified atom stereocenters. The molecule has 4 aromatic carbocycles. The van der Waals surface area contributed by atoms with Crippen LogP contribution in [0.1, 0.15) is 56.6 Å². The van der Waals surface area contributed by atoms with Gasteiger partial charge in [-0.2, -0.15) is 0 Å². The van der Waals surface area contributed by atoms with E-state index in [9.17, 15) is 0 Å². The third kappa shape index (κ3) is 5.32. The molecule has 0 radical (unpaired) electrons. The zero-order valence-corrected chi connectivity index (χ0v) is 28.6. The van der Waals surface area contributed by atoms with Crippen LogP contribution in [-0.2, 0) is 26.2 Å². The summed E-state index contributed by atoms with van der Waals surface area (Å²) in [5.41, 5.74) is 11.4. The number of rotatable bonds is 6. The van der Waals surface area contributed by atoms with E-state index in [0.29, 0.717) is 3.63 Å². The molecule has 1 fully saturated rings. The average Bonchev–Trinajstić information content (AvgIpc) is 3.70. The summed E-state index contributed by atoms with van der Waals surface area (Å²) in [7, 11) is 0. The molecule has 0 amide bonds. The minimum atomic E-state index is -3.50. The van der Waals surface area contributed by atoms with Crippen LogP contribution in [-0.4, -0.2) is 4.21 Å². The van der Waals surface area contributed by atoms with E-state index in [1.807, 2.05) is 0 Å². The minimum absolute atomic E-state index is 0. The van der Waals surface area contributed by atoms with E-state index in [-0.39, 0.29) is 24.8 Å². The Balaban J connectivity index is 0.00000176. The molecule has 0 heterocycles. The molecule has 0 spiro atoms. The Hall–Kier alpha value is -2.31. The summed E-state index contributed by atoms with van der Waals surface area (Å²) in [6.07, 6.45) is 16.2. The molecule has 3 aliphatic carbocycles. The van der Waals surface area contributed by atoms with Crippen molar-refractivity contribution in [3.8, 4) is 33.4 Å². The van der Waals surface area contributed by atoms with Crippen molar-refractivity contribution in [2.75, 3.05) is 0 Å². The molecule has 2 atom stereocenters. The Labute approximate surface area is 268 Å². The van der Waals surface area contributed by atoms with E-state index in [1.54, 1.807) is 12.1 Å². The Bertz CT molecular complexity index is 1660. The molecule has 0 aliphatic heterocycles. The van der Waals surface area contributed by atoms with Crippen LogP contribution in [0.5, 0.6) is 0 Å². The van der Waals surface area contributed by atoms with Crippen molar-refractivity contribution in [2.45, 2.75) is 55.5 Å². The van der Waals surface area contributed by atoms with E-state index in [1.165, 1.54) is 71.0 Å². The van der Waals surface area contributed by atoms with Gasteiger partial charge in [0.2, 0.25) is 0 Å². The SMILES string of the molecule is Cl.Cl.[CH2]=[Zr]([C]1=CC=CC1)([c]1c2c(cc(-c3ccccc3)c1-c1ccccc1)-c1ccccc1C2)[CH](C)C1CCCCC1. The van der Waals surface area contributed by atoms with Crippen LogP contribution in [0.4, 0.5) is 0 Å². The first kappa shape index (κ1) is 31.1. The number of allylic oxidation sites excluding steroid dienone is 4. The van der Waals surface area contributed by atoms with E-state index >= 15 is 0 Å². The van der Waals surface area contributed by atoms with Gasteiger partial charge in [0.1, 0.15) is 0 Å². The summed E-state index contributed by atoms with van der Waals surface area (Å²) < 4.78 is 9.58. The molecule has 3 heteroatoms. The van der Waals surface area contributed by atoms with Gasteiger partial charge in [0.05, 0.1) is 0 Å². The van der Waals surface area contributed by atoms with Gasteiger partial charge in [0.25, 0.3) is 0 Å². The zero-order chi connectivity index (χ0) is 27.1. The summed E-state index contributed by atoms with van der Waals surface area (Å²) in [6.45, 7) is 2.62. The van der Waals surface area contributed by atoms with Gasteiger partial charge in [-0.3, -0.25) is 0 Å². The first-order valence-corrected chi connectivity index (χ1v) is 20.9. The molecule has 42 heavy (non-hydrogen) atoms. The van der Waals surface area contributed by atoms with Gasteiger partial charge in [0, 0.05) is 0 Å². The van der Waals surface area contributed by atoms with E-state index in [2.05, 4.69) is 116 Å². The molecule has 1 saturated carbocycles. The van der Waals surface area contributed by atoms with Crippen molar-refractivity contribution in [1.82, 2.24) is 0 Å². The molecular weight excluding hydrogens is 631 g/mol. The molecule has 0 saturated heterocycles. The number of hydrogen-bond acceptors (Lipinski definition) is 0. The molecule has 0 N–H and O–H groups in total. The molecule has 0 nitrogen and oxygen atoms in total. The topological polar surface area (TPSA) is 0 Å². The second-order valence-corrected chi connectivity index (χ2v) is 22.1. The predicted molar refractivity (Wildman–Crippen MR) is 185 cm³/mol. The maximum atomic E-state index is 5.56. The second kappa shape index (κ2) is 13.1. The van der Waals surface area contributed by atoms with Crippen molar-refractivity contribution in [3.05, 3.63) is 124 Å². The van der Waals surface area contributed by atoms with Crippen molar-refractivity contribution >= 4 is 32.3 Å². The van der Waals surface area contributed by atoms with Crippen LogP contribution in [0, 0.1) is 5.92 Å². The summed E-state index contributed by atoms with van der Waals surface area (Å²) in [5.74, 6) is 0.784. The first-order valence-electron chi connectivity index (χ1n) is 15.3. The Morgan fingerprint density at radius 2 is 1.38 bits per heavy atom. The summed E-state index contributed by atoms with van der Waals surface area (Å²) in [6, 6.07) is 34.1. The van der Waals surface area contributed by atoms with Crippen LogP contribution < -0.4 is 3.27 Å². The molecule has 3 aliphatic rings. The number of benzene rings is 4. The van der Waals surface area contributed by atoms with Crippen LogP contribution in [0.25, 0.3) is 33.4 Å². The van der Waals surface area contributed by atoms with Crippen LogP contribution in [0.3, 0.4) is 0 Å². The normalized spacial score (nSPS) is 17.7. The van der Waals surface area contributed by atoms with Crippen molar-refractivity contribution in [3.63, 3.8) is 0 Å². The zero-order valence-electron chi connectivity index (χ0n) is 24.5. The monoisotopic (exact) mass is 669 g/mol. The number of fused-ring (bicyclic) bond motifs is 3. The van der Waals surface area contributed by atoms with Gasteiger partial charge in [-0.1, -0.05) is 0 Å². The molecule has 215 valence electrons. The Kier molecular flexibility index (Phi) is 9.74. The van der Waals surface area contributed by atoms with E-state index < -0.39 is 19.8 Å². The maximum absolute atomic E-state index is 5.56. The summed E-state index contributed by atoms with van der Waals surface area (Å²) in [5, 5.41) is 0. The van der Waals surface area contributed by atoms with E-state index in [0.717, 1.165) is 18.8 Å². The fourth-order valence-corrected chi connectivity index (χ4v) is 20.0.